The van der Waals surface area contributed by atoms with E-state index in [-0.39, 0.29) is 5.78 Å². The van der Waals surface area contributed by atoms with Gasteiger partial charge in [-0.25, -0.2) is 0 Å². The molecular weight excluding hydrogens is 398 g/mol. The molecule has 0 aliphatic heterocycles. The summed E-state index contributed by atoms with van der Waals surface area (Å²) in [6.45, 7) is 3.95. The van der Waals surface area contributed by atoms with Gasteiger partial charge in [0.15, 0.2) is 6.10 Å². The van der Waals surface area contributed by atoms with Gasteiger partial charge < -0.3 is 19.9 Å². The fraction of sp³-hybridized carbons (Fsp3) is 0.350. The van der Waals surface area contributed by atoms with Crippen LogP contribution in [0.4, 0.5) is 5.69 Å². The average Bonchev–Trinajstić information content (AvgIpc) is 2.62. The number of rotatable bonds is 8. The molecule has 0 bridgehead atoms. The molecule has 140 valence electrons. The van der Waals surface area contributed by atoms with Crippen molar-refractivity contribution in [2.24, 2.45) is 0 Å². The van der Waals surface area contributed by atoms with Gasteiger partial charge in [-0.3, -0.25) is 4.79 Å². The number of ether oxygens (including phenoxy) is 3. The number of nitrogen functional groups attached to an aromatic ring is 1. The number of benzene rings is 2. The van der Waals surface area contributed by atoms with Crippen LogP contribution in [0, 0.1) is 6.92 Å². The van der Waals surface area contributed by atoms with Crippen molar-refractivity contribution in [3.8, 4) is 17.2 Å². The number of nitrogens with two attached hydrogens (primary N) is 1. The van der Waals surface area contributed by atoms with E-state index in [0.717, 1.165) is 12.0 Å². The van der Waals surface area contributed by atoms with Crippen LogP contribution >= 0.6 is 15.9 Å². The maximum Gasteiger partial charge on any atom is 0.207 e. The first-order valence-electron chi connectivity index (χ1n) is 8.39. The van der Waals surface area contributed by atoms with Crippen molar-refractivity contribution in [2.45, 2.75) is 32.8 Å². The third-order valence-electron chi connectivity index (χ3n) is 4.02. The Morgan fingerprint density at radius 2 is 1.81 bits per heavy atom. The number of Topliss-reactive ketones (excluding diaryl/α,β-unsaturated/α-hetero) is 1. The van der Waals surface area contributed by atoms with Gasteiger partial charge in [-0.2, -0.15) is 0 Å². The molecule has 0 fully saturated rings. The van der Waals surface area contributed by atoms with Crippen molar-refractivity contribution < 1.29 is 19.0 Å². The van der Waals surface area contributed by atoms with Gasteiger partial charge in [-0.1, -0.05) is 19.4 Å². The van der Waals surface area contributed by atoms with Gasteiger partial charge in [-0.15, -0.1) is 0 Å². The molecule has 2 N–H and O–H groups in total. The first-order chi connectivity index (χ1) is 12.4. The smallest absolute Gasteiger partial charge is 0.207 e. The van der Waals surface area contributed by atoms with Crippen LogP contribution in [0.1, 0.15) is 35.7 Å². The predicted octanol–water partition coefficient (Wildman–Crippen LogP) is 4.79. The standard InChI is InChI=1S/C20H24BrNO4/c1-5-6-17(26-16-8-7-12(2)9-15(16)22)20(23)13-10-19(25-4)14(21)11-18(13)24-3/h7-11,17H,5-6,22H2,1-4H3. The van der Waals surface area contributed by atoms with E-state index < -0.39 is 6.10 Å². The second kappa shape index (κ2) is 8.94. The van der Waals surface area contributed by atoms with E-state index in [1.54, 1.807) is 25.3 Å². The van der Waals surface area contributed by atoms with Gasteiger partial charge in [0.05, 0.1) is 29.9 Å². The maximum absolute atomic E-state index is 13.2. The highest BCUT2D eigenvalue weighted by Crippen LogP contribution is 2.34. The van der Waals surface area contributed by atoms with Gasteiger partial charge in [0.1, 0.15) is 17.2 Å². The average molecular weight is 422 g/mol. The molecule has 0 saturated heterocycles. The van der Waals surface area contributed by atoms with Gasteiger partial charge in [0, 0.05) is 0 Å². The molecule has 5 nitrogen and oxygen atoms in total. The summed E-state index contributed by atoms with van der Waals surface area (Å²) in [5.41, 5.74) is 8.00. The molecule has 0 heterocycles. The molecular formula is C20H24BrNO4. The topological polar surface area (TPSA) is 70.8 Å². The van der Waals surface area contributed by atoms with Gasteiger partial charge >= 0.3 is 0 Å². The number of carbonyl (C=O) groups excluding carboxylic acids is 1. The van der Waals surface area contributed by atoms with Gasteiger partial charge in [0.2, 0.25) is 5.78 Å². The van der Waals surface area contributed by atoms with Crippen molar-refractivity contribution in [1.82, 2.24) is 0 Å². The Balaban J connectivity index is 2.39. The van der Waals surface area contributed by atoms with E-state index in [1.807, 2.05) is 26.0 Å². The molecule has 6 heteroatoms. The monoisotopic (exact) mass is 421 g/mol. The third-order valence-corrected chi connectivity index (χ3v) is 4.64. The Kier molecular flexibility index (Phi) is 6.91. The zero-order valence-electron chi connectivity index (χ0n) is 15.5. The quantitative estimate of drug-likeness (QED) is 0.490. The molecule has 0 amide bonds. The number of hydrogen-bond acceptors (Lipinski definition) is 5. The van der Waals surface area contributed by atoms with Crippen LogP contribution in [0.5, 0.6) is 17.2 Å². The van der Waals surface area contributed by atoms with Crippen LogP contribution in [-0.4, -0.2) is 26.1 Å². The zero-order valence-corrected chi connectivity index (χ0v) is 17.1. The highest BCUT2D eigenvalue weighted by molar-refractivity contribution is 9.10. The summed E-state index contributed by atoms with van der Waals surface area (Å²) in [7, 11) is 3.08. The normalized spacial score (nSPS) is 11.7. The highest BCUT2D eigenvalue weighted by Gasteiger charge is 2.26. The molecule has 0 aliphatic carbocycles. The molecule has 26 heavy (non-hydrogen) atoms. The number of halogens is 1. The lowest BCUT2D eigenvalue weighted by Crippen LogP contribution is -2.28. The molecule has 0 radical (unpaired) electrons. The summed E-state index contributed by atoms with van der Waals surface area (Å²) in [4.78, 5) is 13.2. The molecule has 0 saturated carbocycles. The molecule has 0 spiro atoms. The van der Waals surface area contributed by atoms with Gasteiger partial charge in [0.25, 0.3) is 0 Å². The molecule has 0 aliphatic rings. The Morgan fingerprint density at radius 1 is 1.12 bits per heavy atom. The van der Waals surface area contributed by atoms with Crippen molar-refractivity contribution in [3.05, 3.63) is 45.9 Å². The first-order valence-corrected chi connectivity index (χ1v) is 9.19. The minimum atomic E-state index is -0.662. The Labute approximate surface area is 162 Å². The van der Waals surface area contributed by atoms with Crippen molar-refractivity contribution >= 4 is 27.4 Å². The van der Waals surface area contributed by atoms with Crippen LogP contribution < -0.4 is 19.9 Å². The number of methoxy groups -OCH3 is 2. The lowest BCUT2D eigenvalue weighted by atomic mass is 10.0. The van der Waals surface area contributed by atoms with Crippen molar-refractivity contribution in [2.75, 3.05) is 20.0 Å². The molecule has 2 aromatic rings. The van der Waals surface area contributed by atoms with Crippen LogP contribution in [-0.2, 0) is 0 Å². The lowest BCUT2D eigenvalue weighted by molar-refractivity contribution is 0.0775. The van der Waals surface area contributed by atoms with Crippen LogP contribution in [0.3, 0.4) is 0 Å². The number of carbonyl (C=O) groups is 1. The van der Waals surface area contributed by atoms with Crippen LogP contribution in [0.15, 0.2) is 34.8 Å². The number of ketones is 1. The van der Waals surface area contributed by atoms with Crippen LogP contribution in [0.2, 0.25) is 0 Å². The SMILES string of the molecule is CCCC(Oc1ccc(C)cc1N)C(=O)c1cc(OC)c(Br)cc1OC. The Hall–Kier alpha value is -2.21. The number of anilines is 1. The molecule has 2 rings (SSSR count). The van der Waals surface area contributed by atoms with E-state index >= 15 is 0 Å². The van der Waals surface area contributed by atoms with E-state index in [2.05, 4.69) is 15.9 Å². The second-order valence-electron chi connectivity index (χ2n) is 5.99. The summed E-state index contributed by atoms with van der Waals surface area (Å²) in [6.07, 6.45) is 0.691. The largest absolute Gasteiger partial charge is 0.496 e. The number of aryl methyl sites for hydroxylation is 1. The van der Waals surface area contributed by atoms with Crippen LogP contribution in [0.25, 0.3) is 0 Å². The van der Waals surface area contributed by atoms with E-state index in [4.69, 9.17) is 19.9 Å². The summed E-state index contributed by atoms with van der Waals surface area (Å²) in [5.74, 6) is 1.35. The van der Waals surface area contributed by atoms with Gasteiger partial charge in [-0.05, 0) is 59.1 Å². The fourth-order valence-corrected chi connectivity index (χ4v) is 3.14. The second-order valence-corrected chi connectivity index (χ2v) is 6.84. The van der Waals surface area contributed by atoms with E-state index in [0.29, 0.717) is 39.4 Å². The lowest BCUT2D eigenvalue weighted by Gasteiger charge is -2.20. The maximum atomic E-state index is 13.2. The van der Waals surface area contributed by atoms with E-state index in [1.165, 1.54) is 7.11 Å². The predicted molar refractivity (Wildman–Crippen MR) is 106 cm³/mol. The summed E-state index contributed by atoms with van der Waals surface area (Å²) in [6, 6.07) is 8.90. The van der Waals surface area contributed by atoms with E-state index in [9.17, 15) is 4.79 Å². The number of hydrogen-bond donors (Lipinski definition) is 1. The highest BCUT2D eigenvalue weighted by atomic mass is 79.9. The summed E-state index contributed by atoms with van der Waals surface area (Å²) >= 11 is 3.41. The van der Waals surface area contributed by atoms with Crippen molar-refractivity contribution in [1.29, 1.82) is 0 Å². The Morgan fingerprint density at radius 3 is 2.38 bits per heavy atom. The summed E-state index contributed by atoms with van der Waals surface area (Å²) in [5, 5.41) is 0. The molecule has 0 aromatic heterocycles. The fourth-order valence-electron chi connectivity index (χ4n) is 2.66. The molecule has 1 atom stereocenters. The third kappa shape index (κ3) is 4.49. The van der Waals surface area contributed by atoms with Crippen molar-refractivity contribution in [3.63, 3.8) is 0 Å². The summed E-state index contributed by atoms with van der Waals surface area (Å²) < 4.78 is 17.4. The minimum Gasteiger partial charge on any atom is -0.496 e. The first kappa shape index (κ1) is 20.1. The minimum absolute atomic E-state index is 0.172. The Bertz CT molecular complexity index is 792. The molecule has 2 aromatic carbocycles. The zero-order chi connectivity index (χ0) is 19.3. The molecule has 1 unspecified atom stereocenters.